The molecule has 2 rings (SSSR count). The fourth-order valence-corrected chi connectivity index (χ4v) is 2.10. The number of ether oxygens (including phenoxy) is 1. The molecule has 1 fully saturated rings. The summed E-state index contributed by atoms with van der Waals surface area (Å²) in [6.07, 6.45) is 1.36. The van der Waals surface area contributed by atoms with E-state index in [4.69, 9.17) is 17.0 Å². The van der Waals surface area contributed by atoms with Gasteiger partial charge in [0, 0.05) is 26.2 Å². The van der Waals surface area contributed by atoms with Crippen LogP contribution in [0.25, 0.3) is 0 Å². The van der Waals surface area contributed by atoms with E-state index in [9.17, 15) is 4.79 Å². The Labute approximate surface area is 121 Å². The number of hydrogen-bond donors (Lipinski definition) is 0. The van der Waals surface area contributed by atoms with E-state index in [2.05, 4.69) is 4.90 Å². The molecule has 1 aliphatic heterocycles. The fourth-order valence-electron chi connectivity index (χ4n) is 2.10. The smallest absolute Gasteiger partial charge is 0.410 e. The molecule has 0 unspecified atom stereocenters. The highest BCUT2D eigenvalue weighted by Gasteiger charge is 2.26. The lowest BCUT2D eigenvalue weighted by Gasteiger charge is -2.35. The van der Waals surface area contributed by atoms with Gasteiger partial charge in [0.1, 0.15) is 19.2 Å². The van der Waals surface area contributed by atoms with E-state index in [1.165, 1.54) is 0 Å². The molecular weight excluding hydrogens is 255 g/mol. The maximum absolute atomic E-state index is 11.9. The summed E-state index contributed by atoms with van der Waals surface area (Å²) in [6.45, 7) is 9.22. The first-order chi connectivity index (χ1) is 9.35. The standard InChI is InChI=1S/C14H21BN2O3/c1-14(2,3)20-13(18)17-7-5-16(6-8-17)10-12-11(15)4-9-19-12/h4,9H,5-8,10H2,1-3H3. The lowest BCUT2D eigenvalue weighted by molar-refractivity contribution is 0.0135. The largest absolute Gasteiger partial charge is 0.469 e. The second-order valence-electron chi connectivity index (χ2n) is 6.04. The lowest BCUT2D eigenvalue weighted by Crippen LogP contribution is -2.49. The van der Waals surface area contributed by atoms with E-state index < -0.39 is 5.60 Å². The highest BCUT2D eigenvalue weighted by atomic mass is 16.6. The molecule has 0 bridgehead atoms. The van der Waals surface area contributed by atoms with E-state index in [1.54, 1.807) is 17.2 Å². The molecule has 2 radical (unpaired) electrons. The minimum atomic E-state index is -0.448. The van der Waals surface area contributed by atoms with Crippen LogP contribution in [0.2, 0.25) is 0 Å². The molecule has 1 amide bonds. The Bertz CT molecular complexity index is 459. The summed E-state index contributed by atoms with van der Waals surface area (Å²) in [5.74, 6) is 0.788. The van der Waals surface area contributed by atoms with Crippen LogP contribution in [-0.2, 0) is 11.3 Å². The molecule has 1 aliphatic rings. The van der Waals surface area contributed by atoms with Crippen molar-refractivity contribution in [3.05, 3.63) is 18.1 Å². The molecule has 6 heteroatoms. The van der Waals surface area contributed by atoms with Crippen LogP contribution in [-0.4, -0.2) is 55.5 Å². The Kier molecular flexibility index (Phi) is 4.43. The summed E-state index contributed by atoms with van der Waals surface area (Å²) < 4.78 is 10.7. The first kappa shape index (κ1) is 15.0. The maximum atomic E-state index is 11.9. The van der Waals surface area contributed by atoms with Crippen molar-refractivity contribution in [2.75, 3.05) is 26.2 Å². The van der Waals surface area contributed by atoms with Crippen molar-refractivity contribution >= 4 is 19.4 Å². The molecular formula is C14H21BN2O3. The van der Waals surface area contributed by atoms with Gasteiger partial charge in [0.15, 0.2) is 0 Å². The second kappa shape index (κ2) is 5.91. The second-order valence-corrected chi connectivity index (χ2v) is 6.04. The number of carbonyl (C=O) groups is 1. The van der Waals surface area contributed by atoms with Crippen molar-refractivity contribution in [2.24, 2.45) is 0 Å². The Morgan fingerprint density at radius 2 is 2.00 bits per heavy atom. The minimum absolute atomic E-state index is 0.241. The van der Waals surface area contributed by atoms with Crippen molar-refractivity contribution in [3.63, 3.8) is 0 Å². The lowest BCUT2D eigenvalue weighted by atomic mass is 9.97. The quantitative estimate of drug-likeness (QED) is 0.760. The van der Waals surface area contributed by atoms with Gasteiger partial charge in [-0.1, -0.05) is 5.46 Å². The van der Waals surface area contributed by atoms with Gasteiger partial charge in [-0.3, -0.25) is 4.90 Å². The van der Waals surface area contributed by atoms with Crippen molar-refractivity contribution in [1.82, 2.24) is 9.80 Å². The summed E-state index contributed by atoms with van der Waals surface area (Å²) in [5, 5.41) is 0. The van der Waals surface area contributed by atoms with Gasteiger partial charge in [-0.25, -0.2) is 4.79 Å². The van der Waals surface area contributed by atoms with Gasteiger partial charge in [-0.15, -0.1) is 0 Å². The summed E-state index contributed by atoms with van der Waals surface area (Å²) in [7, 11) is 5.80. The van der Waals surface area contributed by atoms with Crippen LogP contribution in [0.1, 0.15) is 26.5 Å². The van der Waals surface area contributed by atoms with Crippen LogP contribution in [0.3, 0.4) is 0 Å². The monoisotopic (exact) mass is 276 g/mol. The molecule has 108 valence electrons. The van der Waals surface area contributed by atoms with Gasteiger partial charge in [0.05, 0.1) is 12.8 Å². The summed E-state index contributed by atoms with van der Waals surface area (Å²) >= 11 is 0. The molecule has 0 aliphatic carbocycles. The topological polar surface area (TPSA) is 45.9 Å². The predicted molar refractivity (Wildman–Crippen MR) is 77.2 cm³/mol. The number of hydrogen-bond acceptors (Lipinski definition) is 4. The van der Waals surface area contributed by atoms with E-state index in [1.807, 2.05) is 20.8 Å². The third-order valence-electron chi connectivity index (χ3n) is 3.17. The molecule has 0 atom stereocenters. The highest BCUT2D eigenvalue weighted by Crippen LogP contribution is 2.13. The van der Waals surface area contributed by atoms with Gasteiger partial charge in [-0.2, -0.15) is 0 Å². The van der Waals surface area contributed by atoms with Gasteiger partial charge in [0.2, 0.25) is 0 Å². The summed E-state index contributed by atoms with van der Waals surface area (Å²) in [6, 6.07) is 1.76. The van der Waals surface area contributed by atoms with Crippen molar-refractivity contribution in [3.8, 4) is 0 Å². The Balaban J connectivity index is 1.81. The molecule has 1 aromatic rings. The van der Waals surface area contributed by atoms with Crippen LogP contribution in [0.15, 0.2) is 16.7 Å². The van der Waals surface area contributed by atoms with Gasteiger partial charge < -0.3 is 14.1 Å². The van der Waals surface area contributed by atoms with Crippen LogP contribution in [0.4, 0.5) is 4.79 Å². The Morgan fingerprint density at radius 1 is 1.35 bits per heavy atom. The van der Waals surface area contributed by atoms with E-state index in [-0.39, 0.29) is 6.09 Å². The molecule has 0 saturated carbocycles. The van der Waals surface area contributed by atoms with Crippen LogP contribution in [0, 0.1) is 0 Å². The van der Waals surface area contributed by atoms with Crippen molar-refractivity contribution in [1.29, 1.82) is 0 Å². The average Bonchev–Trinajstić information content (AvgIpc) is 2.74. The SMILES string of the molecule is [B]c1ccoc1CN1CCN(C(=O)OC(C)(C)C)CC1. The zero-order valence-electron chi connectivity index (χ0n) is 12.4. The summed E-state index contributed by atoms with van der Waals surface area (Å²) in [5.41, 5.74) is 0.233. The third-order valence-corrected chi connectivity index (χ3v) is 3.17. The van der Waals surface area contributed by atoms with Gasteiger partial charge >= 0.3 is 6.09 Å². The molecule has 0 aromatic carbocycles. The molecule has 1 aromatic heterocycles. The third kappa shape index (κ3) is 4.03. The van der Waals surface area contributed by atoms with Crippen molar-refractivity contribution < 1.29 is 13.9 Å². The normalized spacial score (nSPS) is 17.2. The summed E-state index contributed by atoms with van der Waals surface area (Å²) in [4.78, 5) is 15.9. The molecule has 5 nitrogen and oxygen atoms in total. The Morgan fingerprint density at radius 3 is 2.50 bits per heavy atom. The first-order valence-electron chi connectivity index (χ1n) is 6.87. The average molecular weight is 276 g/mol. The molecule has 2 heterocycles. The van der Waals surface area contributed by atoms with Gasteiger partial charge in [0.25, 0.3) is 0 Å². The van der Waals surface area contributed by atoms with Crippen LogP contribution < -0.4 is 5.46 Å². The highest BCUT2D eigenvalue weighted by molar-refractivity contribution is 6.33. The maximum Gasteiger partial charge on any atom is 0.410 e. The van der Waals surface area contributed by atoms with Crippen LogP contribution in [0.5, 0.6) is 0 Å². The zero-order valence-corrected chi connectivity index (χ0v) is 12.4. The van der Waals surface area contributed by atoms with Gasteiger partial charge in [-0.05, 0) is 26.8 Å². The molecule has 1 saturated heterocycles. The minimum Gasteiger partial charge on any atom is -0.469 e. The van der Waals surface area contributed by atoms with E-state index >= 15 is 0 Å². The number of rotatable bonds is 2. The number of nitrogens with zero attached hydrogens (tertiary/aromatic N) is 2. The van der Waals surface area contributed by atoms with Crippen LogP contribution >= 0.6 is 0 Å². The number of furan rings is 1. The van der Waals surface area contributed by atoms with Crippen molar-refractivity contribution in [2.45, 2.75) is 32.9 Å². The number of amides is 1. The predicted octanol–water partition coefficient (Wildman–Crippen LogP) is 1.13. The van der Waals surface area contributed by atoms with E-state index in [0.717, 1.165) is 18.8 Å². The zero-order chi connectivity index (χ0) is 14.8. The molecule has 0 N–H and O–H groups in total. The number of carbonyl (C=O) groups excluding carboxylic acids is 1. The fraction of sp³-hybridized carbons (Fsp3) is 0.643. The number of piperazine rings is 1. The first-order valence-corrected chi connectivity index (χ1v) is 6.87. The Hall–Kier alpha value is -1.43. The van der Waals surface area contributed by atoms with E-state index in [0.29, 0.717) is 25.1 Å². The molecule has 20 heavy (non-hydrogen) atoms. The molecule has 0 spiro atoms.